The molecule has 0 fully saturated rings. The van der Waals surface area contributed by atoms with Crippen LogP contribution in [0.3, 0.4) is 0 Å². The van der Waals surface area contributed by atoms with Gasteiger partial charge in [0, 0.05) is 26.1 Å². The normalized spacial score (nSPS) is 17.6. The predicted octanol–water partition coefficient (Wildman–Crippen LogP) is -0.382. The zero-order valence-electron chi connectivity index (χ0n) is 8.06. The maximum Gasteiger partial charge on any atom is 0.150 e. The van der Waals surface area contributed by atoms with Gasteiger partial charge >= 0.3 is 0 Å². The second kappa shape index (κ2) is 2.99. The van der Waals surface area contributed by atoms with Gasteiger partial charge in [-0.2, -0.15) is 0 Å². The third-order valence-corrected chi connectivity index (χ3v) is 2.30. The van der Waals surface area contributed by atoms with E-state index in [0.29, 0.717) is 0 Å². The number of anilines is 1. The van der Waals surface area contributed by atoms with Gasteiger partial charge in [0.2, 0.25) is 0 Å². The minimum Gasteiger partial charge on any atom is -0.356 e. The summed E-state index contributed by atoms with van der Waals surface area (Å²) >= 11 is 0. The molecule has 0 aromatic carbocycles. The number of fused-ring (bicyclic) bond motifs is 1. The highest BCUT2D eigenvalue weighted by molar-refractivity contribution is 5.45. The van der Waals surface area contributed by atoms with Crippen molar-refractivity contribution in [3.63, 3.8) is 0 Å². The van der Waals surface area contributed by atoms with Crippen molar-refractivity contribution in [1.29, 1.82) is 0 Å². The molecule has 1 unspecified atom stereocenters. The molecule has 0 spiro atoms. The molecule has 1 atom stereocenters. The van der Waals surface area contributed by atoms with Crippen molar-refractivity contribution in [2.24, 2.45) is 5.73 Å². The SMILES string of the molecule is CC(N)Cc1nnn2c1N(C)CC2. The quantitative estimate of drug-likeness (QED) is 0.675. The van der Waals surface area contributed by atoms with Crippen molar-refractivity contribution >= 4 is 5.82 Å². The lowest BCUT2D eigenvalue weighted by Crippen LogP contribution is -2.21. The average molecular weight is 181 g/mol. The Morgan fingerprint density at radius 3 is 3.00 bits per heavy atom. The van der Waals surface area contributed by atoms with Gasteiger partial charge in [-0.05, 0) is 6.92 Å². The van der Waals surface area contributed by atoms with E-state index >= 15 is 0 Å². The van der Waals surface area contributed by atoms with Gasteiger partial charge in [0.15, 0.2) is 5.82 Å². The topological polar surface area (TPSA) is 60.0 Å². The van der Waals surface area contributed by atoms with Crippen molar-refractivity contribution < 1.29 is 0 Å². The predicted molar refractivity (Wildman–Crippen MR) is 50.6 cm³/mol. The third kappa shape index (κ3) is 1.39. The van der Waals surface area contributed by atoms with Crippen LogP contribution < -0.4 is 10.6 Å². The molecule has 0 saturated heterocycles. The molecule has 5 heteroatoms. The molecular weight excluding hydrogens is 166 g/mol. The number of nitrogens with two attached hydrogens (primary N) is 1. The molecule has 72 valence electrons. The summed E-state index contributed by atoms with van der Waals surface area (Å²) in [6.45, 7) is 3.95. The lowest BCUT2D eigenvalue weighted by molar-refractivity contribution is 0.644. The number of hydrogen-bond acceptors (Lipinski definition) is 4. The highest BCUT2D eigenvalue weighted by atomic mass is 15.5. The van der Waals surface area contributed by atoms with Crippen LogP contribution in [0.1, 0.15) is 12.6 Å². The zero-order chi connectivity index (χ0) is 9.42. The van der Waals surface area contributed by atoms with E-state index in [0.717, 1.165) is 31.0 Å². The van der Waals surface area contributed by atoms with Crippen LogP contribution in [-0.2, 0) is 13.0 Å². The molecule has 0 saturated carbocycles. The van der Waals surface area contributed by atoms with Crippen molar-refractivity contribution in [2.75, 3.05) is 18.5 Å². The molecule has 13 heavy (non-hydrogen) atoms. The first-order chi connectivity index (χ1) is 6.18. The second-order valence-electron chi connectivity index (χ2n) is 3.69. The van der Waals surface area contributed by atoms with E-state index in [1.165, 1.54) is 0 Å². The molecule has 0 bridgehead atoms. The van der Waals surface area contributed by atoms with Crippen LogP contribution in [0.2, 0.25) is 0 Å². The molecular formula is C8H15N5. The van der Waals surface area contributed by atoms with Crippen molar-refractivity contribution in [3.8, 4) is 0 Å². The van der Waals surface area contributed by atoms with Crippen LogP contribution in [-0.4, -0.2) is 34.6 Å². The minimum atomic E-state index is 0.149. The molecule has 2 rings (SSSR count). The summed E-state index contributed by atoms with van der Waals surface area (Å²) in [6, 6.07) is 0.149. The molecule has 2 N–H and O–H groups in total. The van der Waals surface area contributed by atoms with Crippen molar-refractivity contribution in [3.05, 3.63) is 5.69 Å². The molecule has 0 radical (unpaired) electrons. The van der Waals surface area contributed by atoms with E-state index < -0.39 is 0 Å². The van der Waals surface area contributed by atoms with Crippen molar-refractivity contribution in [1.82, 2.24) is 15.0 Å². The molecule has 1 aromatic heterocycles. The van der Waals surface area contributed by atoms with E-state index in [1.54, 1.807) is 0 Å². The number of rotatable bonds is 2. The van der Waals surface area contributed by atoms with Gasteiger partial charge in [-0.15, -0.1) is 5.10 Å². The first-order valence-electron chi connectivity index (χ1n) is 4.57. The molecule has 1 aliphatic heterocycles. The number of nitrogens with zero attached hydrogens (tertiary/aromatic N) is 4. The van der Waals surface area contributed by atoms with Crippen molar-refractivity contribution in [2.45, 2.75) is 25.9 Å². The van der Waals surface area contributed by atoms with Crippen LogP contribution in [0.25, 0.3) is 0 Å². The summed E-state index contributed by atoms with van der Waals surface area (Å²) in [6.07, 6.45) is 0.805. The lowest BCUT2D eigenvalue weighted by atomic mass is 10.2. The Labute approximate surface area is 77.5 Å². The first kappa shape index (κ1) is 8.50. The van der Waals surface area contributed by atoms with Gasteiger partial charge < -0.3 is 10.6 Å². The maximum absolute atomic E-state index is 5.73. The van der Waals surface area contributed by atoms with Crippen LogP contribution in [0.15, 0.2) is 0 Å². The summed E-state index contributed by atoms with van der Waals surface area (Å²) in [7, 11) is 2.06. The van der Waals surface area contributed by atoms with Gasteiger partial charge in [0.1, 0.15) is 5.69 Å². The molecule has 0 amide bonds. The fourth-order valence-corrected chi connectivity index (χ4v) is 1.70. The summed E-state index contributed by atoms with van der Waals surface area (Å²) in [5, 5.41) is 8.19. The smallest absolute Gasteiger partial charge is 0.150 e. The molecule has 1 aliphatic rings. The Kier molecular flexibility index (Phi) is 1.95. The zero-order valence-corrected chi connectivity index (χ0v) is 8.06. The highest BCUT2D eigenvalue weighted by Crippen LogP contribution is 2.22. The number of aromatic nitrogens is 3. The highest BCUT2D eigenvalue weighted by Gasteiger charge is 2.22. The fraction of sp³-hybridized carbons (Fsp3) is 0.750. The van der Waals surface area contributed by atoms with Crippen LogP contribution in [0.4, 0.5) is 5.82 Å². The molecule has 1 aromatic rings. The molecule has 2 heterocycles. The maximum atomic E-state index is 5.73. The lowest BCUT2D eigenvalue weighted by Gasteiger charge is -2.11. The van der Waals surface area contributed by atoms with E-state index in [1.807, 2.05) is 11.6 Å². The Balaban J connectivity index is 2.27. The second-order valence-corrected chi connectivity index (χ2v) is 3.69. The summed E-state index contributed by atoms with van der Waals surface area (Å²) in [5.74, 6) is 1.14. The van der Waals surface area contributed by atoms with Crippen LogP contribution in [0, 0.1) is 0 Å². The van der Waals surface area contributed by atoms with Crippen LogP contribution in [0.5, 0.6) is 0 Å². The summed E-state index contributed by atoms with van der Waals surface area (Å²) in [4.78, 5) is 2.18. The third-order valence-electron chi connectivity index (χ3n) is 2.30. The molecule has 5 nitrogen and oxygen atoms in total. The van der Waals surface area contributed by atoms with E-state index in [9.17, 15) is 0 Å². The van der Waals surface area contributed by atoms with E-state index in [4.69, 9.17) is 5.73 Å². The standard InChI is InChI=1S/C8H15N5/c1-6(9)5-7-8-12(2)3-4-13(8)11-10-7/h6H,3-5,9H2,1-2H3. The minimum absolute atomic E-state index is 0.149. The average Bonchev–Trinajstić information content (AvgIpc) is 2.56. The molecule has 0 aliphatic carbocycles. The number of likely N-dealkylation sites (N-methyl/N-ethyl adjacent to an activating group) is 1. The van der Waals surface area contributed by atoms with Gasteiger partial charge in [0.25, 0.3) is 0 Å². The van der Waals surface area contributed by atoms with Gasteiger partial charge in [-0.3, -0.25) is 0 Å². The summed E-state index contributed by atoms with van der Waals surface area (Å²) < 4.78 is 1.94. The Morgan fingerprint density at radius 1 is 1.54 bits per heavy atom. The fourth-order valence-electron chi connectivity index (χ4n) is 1.70. The Bertz CT molecular complexity index is 303. The van der Waals surface area contributed by atoms with Gasteiger partial charge in [-0.1, -0.05) is 5.21 Å². The summed E-state index contributed by atoms with van der Waals surface area (Å²) in [5.41, 5.74) is 6.75. The largest absolute Gasteiger partial charge is 0.356 e. The van der Waals surface area contributed by atoms with Gasteiger partial charge in [0.05, 0.1) is 6.54 Å². The number of hydrogen-bond donors (Lipinski definition) is 1. The van der Waals surface area contributed by atoms with E-state index in [2.05, 4.69) is 22.3 Å². The Hall–Kier alpha value is -1.10. The Morgan fingerprint density at radius 2 is 2.31 bits per heavy atom. The van der Waals surface area contributed by atoms with Crippen LogP contribution >= 0.6 is 0 Å². The first-order valence-corrected chi connectivity index (χ1v) is 4.57. The monoisotopic (exact) mass is 181 g/mol. The van der Waals surface area contributed by atoms with E-state index in [-0.39, 0.29) is 6.04 Å². The van der Waals surface area contributed by atoms with Gasteiger partial charge in [-0.25, -0.2) is 4.68 Å².